The largest absolute Gasteiger partial charge is 0.466 e. The van der Waals surface area contributed by atoms with Crippen molar-refractivity contribution >= 4 is 24.9 Å². The first kappa shape index (κ1) is 13.3. The van der Waals surface area contributed by atoms with Crippen LogP contribution in [0.4, 0.5) is 0 Å². The van der Waals surface area contributed by atoms with Gasteiger partial charge in [-0.15, -0.1) is 12.6 Å². The highest BCUT2D eigenvalue weighted by Gasteiger charge is 2.12. The molecule has 5 heteroatoms. The lowest BCUT2D eigenvalue weighted by Gasteiger charge is -2.07. The fourth-order valence-corrected chi connectivity index (χ4v) is 1.63. The van der Waals surface area contributed by atoms with Crippen LogP contribution in [0.15, 0.2) is 17.0 Å². The topological polar surface area (TPSA) is 67.2 Å². The molecule has 0 bridgehead atoms. The molecule has 1 aromatic rings. The Kier molecular flexibility index (Phi) is 4.73. The molecule has 0 spiro atoms. The fraction of sp³-hybridized carbons (Fsp3) is 0.250. The van der Waals surface area contributed by atoms with E-state index in [1.165, 1.54) is 12.1 Å². The van der Waals surface area contributed by atoms with E-state index < -0.39 is 5.97 Å². The maximum Gasteiger partial charge on any atom is 0.310 e. The number of aldehydes is 1. The third kappa shape index (κ3) is 3.33. The summed E-state index contributed by atoms with van der Waals surface area (Å²) in [5.41, 5.74) is 1.14. The number of ether oxygens (including phenoxy) is 1. The summed E-state index contributed by atoms with van der Waals surface area (Å²) in [6.07, 6.45) is 0.631. The highest BCUT2D eigenvalue weighted by molar-refractivity contribution is 7.80. The summed E-state index contributed by atoms with van der Waals surface area (Å²) in [6.45, 7) is 2.00. The second kappa shape index (κ2) is 6.06. The first-order chi connectivity index (χ1) is 8.12. The molecule has 88 valence electrons. The van der Waals surface area contributed by atoms with Crippen LogP contribution >= 0.6 is 12.6 Å². The van der Waals surface area contributed by atoms with Crippen molar-refractivity contribution in [2.75, 3.05) is 6.61 Å². The van der Waals surface area contributed by atoms with Gasteiger partial charge in [0, 0.05) is 10.5 Å². The van der Waals surface area contributed by atoms with E-state index >= 15 is 0 Å². The molecule has 0 saturated carbocycles. The van der Waals surface area contributed by atoms with E-state index in [2.05, 4.69) is 12.6 Å². The highest BCUT2D eigenvalue weighted by Crippen LogP contribution is 2.21. The van der Waals surface area contributed by atoms with Gasteiger partial charge >= 0.3 is 5.97 Å². The third-order valence-corrected chi connectivity index (χ3v) is 2.64. The molecule has 0 heterocycles. The van der Waals surface area contributed by atoms with E-state index in [-0.39, 0.29) is 12.0 Å². The normalized spacial score (nSPS) is 9.47. The van der Waals surface area contributed by atoms with Crippen LogP contribution in [0, 0.1) is 11.3 Å². The lowest BCUT2D eigenvalue weighted by molar-refractivity contribution is -0.142. The van der Waals surface area contributed by atoms with Gasteiger partial charge in [-0.05, 0) is 24.6 Å². The fourth-order valence-electron chi connectivity index (χ4n) is 1.37. The Morgan fingerprint density at radius 2 is 2.29 bits per heavy atom. The number of hydrogen-bond donors (Lipinski definition) is 1. The molecule has 0 atom stereocenters. The summed E-state index contributed by atoms with van der Waals surface area (Å²) in [5.74, 6) is -0.408. The third-order valence-electron chi connectivity index (χ3n) is 2.11. The average molecular weight is 249 g/mol. The van der Waals surface area contributed by atoms with Crippen LogP contribution in [0.3, 0.4) is 0 Å². The summed E-state index contributed by atoms with van der Waals surface area (Å²) in [5, 5.41) is 8.87. The number of carbonyl (C=O) groups excluding carboxylic acids is 2. The Balaban J connectivity index is 3.10. The summed E-state index contributed by atoms with van der Waals surface area (Å²) in [6, 6.07) is 4.90. The second-order valence-corrected chi connectivity index (χ2v) is 3.73. The zero-order chi connectivity index (χ0) is 12.8. The molecule has 17 heavy (non-hydrogen) atoms. The van der Waals surface area contributed by atoms with E-state index in [4.69, 9.17) is 10.00 Å². The van der Waals surface area contributed by atoms with Gasteiger partial charge in [0.25, 0.3) is 0 Å². The van der Waals surface area contributed by atoms with Crippen LogP contribution in [-0.2, 0) is 16.0 Å². The van der Waals surface area contributed by atoms with Crippen molar-refractivity contribution in [1.29, 1.82) is 5.26 Å². The number of carbonyl (C=O) groups is 2. The predicted octanol–water partition coefficient (Wildman–Crippen LogP) is 1.77. The maximum atomic E-state index is 11.3. The first-order valence-electron chi connectivity index (χ1n) is 4.99. The van der Waals surface area contributed by atoms with Crippen molar-refractivity contribution in [3.8, 4) is 6.07 Å². The van der Waals surface area contributed by atoms with Crippen molar-refractivity contribution in [2.24, 2.45) is 0 Å². The molecule has 1 aromatic carbocycles. The number of nitriles is 1. The minimum absolute atomic E-state index is 0.00301. The van der Waals surface area contributed by atoms with Crippen LogP contribution in [-0.4, -0.2) is 18.9 Å². The SMILES string of the molecule is CCOC(=O)Cc1cc(C=O)cc(C#N)c1S. The van der Waals surface area contributed by atoms with Crippen LogP contribution in [0.2, 0.25) is 0 Å². The lowest BCUT2D eigenvalue weighted by Crippen LogP contribution is -2.09. The van der Waals surface area contributed by atoms with Gasteiger partial charge in [0.2, 0.25) is 0 Å². The summed E-state index contributed by atoms with van der Waals surface area (Å²) in [4.78, 5) is 22.4. The molecule has 0 saturated heterocycles. The minimum atomic E-state index is -0.408. The molecule has 0 aliphatic rings. The Hall–Kier alpha value is -1.80. The smallest absolute Gasteiger partial charge is 0.310 e. The molecule has 4 nitrogen and oxygen atoms in total. The van der Waals surface area contributed by atoms with Crippen molar-refractivity contribution in [3.63, 3.8) is 0 Å². The summed E-state index contributed by atoms with van der Waals surface area (Å²) < 4.78 is 4.80. The number of hydrogen-bond acceptors (Lipinski definition) is 5. The van der Waals surface area contributed by atoms with Crippen LogP contribution in [0.25, 0.3) is 0 Å². The maximum absolute atomic E-state index is 11.3. The Morgan fingerprint density at radius 3 is 2.82 bits per heavy atom. The highest BCUT2D eigenvalue weighted by atomic mass is 32.1. The molecule has 0 aliphatic carbocycles. The molecule has 0 amide bonds. The van der Waals surface area contributed by atoms with Gasteiger partial charge in [0.05, 0.1) is 18.6 Å². The van der Waals surface area contributed by atoms with Crippen LogP contribution in [0.1, 0.15) is 28.4 Å². The van der Waals surface area contributed by atoms with E-state index in [1.807, 2.05) is 6.07 Å². The summed E-state index contributed by atoms with van der Waals surface area (Å²) >= 11 is 4.17. The predicted molar refractivity (Wildman–Crippen MR) is 64.1 cm³/mol. The molecule has 0 fully saturated rings. The van der Waals surface area contributed by atoms with Gasteiger partial charge in [-0.3, -0.25) is 9.59 Å². The van der Waals surface area contributed by atoms with E-state index in [0.29, 0.717) is 28.9 Å². The quantitative estimate of drug-likeness (QED) is 0.501. The average Bonchev–Trinajstić information content (AvgIpc) is 2.32. The zero-order valence-electron chi connectivity index (χ0n) is 9.27. The van der Waals surface area contributed by atoms with E-state index in [9.17, 15) is 9.59 Å². The molecule has 0 aliphatic heterocycles. The lowest BCUT2D eigenvalue weighted by atomic mass is 10.0. The van der Waals surface area contributed by atoms with Gasteiger partial charge < -0.3 is 4.74 Å². The Bertz CT molecular complexity index is 491. The molecule has 0 unspecified atom stereocenters. The number of benzene rings is 1. The van der Waals surface area contributed by atoms with Crippen LogP contribution in [0.5, 0.6) is 0 Å². The van der Waals surface area contributed by atoms with Gasteiger partial charge in [0.15, 0.2) is 0 Å². The Labute approximate surface area is 105 Å². The van der Waals surface area contributed by atoms with Crippen LogP contribution < -0.4 is 0 Å². The van der Waals surface area contributed by atoms with Gasteiger partial charge in [-0.25, -0.2) is 0 Å². The molecule has 1 rings (SSSR count). The molecule has 0 radical (unpaired) electrons. The monoisotopic (exact) mass is 249 g/mol. The van der Waals surface area contributed by atoms with Crippen molar-refractivity contribution in [2.45, 2.75) is 18.2 Å². The van der Waals surface area contributed by atoms with Gasteiger partial charge in [-0.2, -0.15) is 5.26 Å². The Morgan fingerprint density at radius 1 is 1.59 bits per heavy atom. The summed E-state index contributed by atoms with van der Waals surface area (Å²) in [7, 11) is 0. The van der Waals surface area contributed by atoms with E-state index in [0.717, 1.165) is 0 Å². The molecule has 0 N–H and O–H groups in total. The standard InChI is InChI=1S/C12H11NO3S/c1-2-16-11(15)5-9-3-8(7-14)4-10(6-13)12(9)17/h3-4,7,17H,2,5H2,1H3. The molecular weight excluding hydrogens is 238 g/mol. The number of thiol groups is 1. The molecular formula is C12H11NO3S. The zero-order valence-corrected chi connectivity index (χ0v) is 10.2. The number of esters is 1. The van der Waals surface area contributed by atoms with Crippen molar-refractivity contribution in [1.82, 2.24) is 0 Å². The number of nitrogens with zero attached hydrogens (tertiary/aromatic N) is 1. The minimum Gasteiger partial charge on any atom is -0.466 e. The van der Waals surface area contributed by atoms with Crippen molar-refractivity contribution < 1.29 is 14.3 Å². The van der Waals surface area contributed by atoms with Gasteiger partial charge in [-0.1, -0.05) is 0 Å². The number of rotatable bonds is 4. The second-order valence-electron chi connectivity index (χ2n) is 3.29. The first-order valence-corrected chi connectivity index (χ1v) is 5.43. The molecule has 0 aromatic heterocycles. The van der Waals surface area contributed by atoms with Crippen molar-refractivity contribution in [3.05, 3.63) is 28.8 Å². The van der Waals surface area contributed by atoms with E-state index in [1.54, 1.807) is 6.92 Å². The van der Waals surface area contributed by atoms with Gasteiger partial charge in [0.1, 0.15) is 12.4 Å².